The molecule has 4 aromatic rings. The van der Waals surface area contributed by atoms with Crippen LogP contribution in [0.2, 0.25) is 10.2 Å². The van der Waals surface area contributed by atoms with Crippen molar-refractivity contribution in [3.05, 3.63) is 84.8 Å². The van der Waals surface area contributed by atoms with Gasteiger partial charge in [0.1, 0.15) is 16.5 Å². The highest BCUT2D eigenvalue weighted by Crippen LogP contribution is 2.37. The maximum absolute atomic E-state index is 13.2. The standard InChI is InChI=1S/C28H26BCl2N3O4/c1-13(2)27-15(4)26(35)19-11-14(3)10-18(28(19)37-27)16(5)33-22-8-9-23(30)34-25(22)17-6-7-21-20(24(17)31)12-32-38-29(21)36/h6-13,16,33,36H,1-5H3. The van der Waals surface area contributed by atoms with Gasteiger partial charge < -0.3 is 19.5 Å². The number of hydrogen-bond donors (Lipinski definition) is 2. The molecule has 0 saturated heterocycles. The van der Waals surface area contributed by atoms with Crippen LogP contribution in [0.1, 0.15) is 60.7 Å². The summed E-state index contributed by atoms with van der Waals surface area (Å²) in [6.07, 6.45) is 1.46. The number of halogens is 2. The number of hydrogen-bond acceptors (Lipinski definition) is 7. The summed E-state index contributed by atoms with van der Waals surface area (Å²) in [4.78, 5) is 17.8. The van der Waals surface area contributed by atoms with Crippen LogP contribution in [-0.4, -0.2) is 23.3 Å². The van der Waals surface area contributed by atoms with E-state index in [1.807, 2.05) is 52.8 Å². The Bertz CT molecular complexity index is 1670. The number of rotatable bonds is 5. The van der Waals surface area contributed by atoms with Gasteiger partial charge in [0.05, 0.1) is 34.0 Å². The number of pyridine rings is 1. The van der Waals surface area contributed by atoms with Gasteiger partial charge in [-0.25, -0.2) is 4.98 Å². The first kappa shape index (κ1) is 26.3. The lowest BCUT2D eigenvalue weighted by Gasteiger charge is -2.22. The largest absolute Gasteiger partial charge is 0.583 e. The van der Waals surface area contributed by atoms with Crippen LogP contribution in [0, 0.1) is 13.8 Å². The Morgan fingerprint density at radius 2 is 1.84 bits per heavy atom. The number of benzene rings is 2. The van der Waals surface area contributed by atoms with E-state index in [0.717, 1.165) is 11.1 Å². The van der Waals surface area contributed by atoms with Crippen molar-refractivity contribution >= 4 is 58.7 Å². The molecule has 0 radical (unpaired) electrons. The summed E-state index contributed by atoms with van der Waals surface area (Å²) in [5.41, 5.74) is 5.87. The molecule has 0 bridgehead atoms. The molecule has 1 unspecified atom stereocenters. The first-order valence-electron chi connectivity index (χ1n) is 12.3. The smallest absolute Gasteiger partial charge is 0.460 e. The molecule has 3 heterocycles. The second kappa shape index (κ2) is 10.1. The molecule has 38 heavy (non-hydrogen) atoms. The van der Waals surface area contributed by atoms with Gasteiger partial charge in [0.2, 0.25) is 0 Å². The zero-order chi connectivity index (χ0) is 27.3. The van der Waals surface area contributed by atoms with Gasteiger partial charge >= 0.3 is 7.12 Å². The van der Waals surface area contributed by atoms with Crippen molar-refractivity contribution in [3.8, 4) is 11.3 Å². The number of oxime groups is 1. The minimum absolute atomic E-state index is 0.0189. The fourth-order valence-electron chi connectivity index (χ4n) is 4.86. The summed E-state index contributed by atoms with van der Waals surface area (Å²) in [7, 11) is -1.20. The average molecular weight is 550 g/mol. The third kappa shape index (κ3) is 4.57. The highest BCUT2D eigenvalue weighted by atomic mass is 35.5. The number of nitrogens with one attached hydrogen (secondary N) is 1. The van der Waals surface area contributed by atoms with Crippen LogP contribution in [0.5, 0.6) is 0 Å². The van der Waals surface area contributed by atoms with E-state index in [4.69, 9.17) is 32.4 Å². The van der Waals surface area contributed by atoms with Crippen molar-refractivity contribution in [1.29, 1.82) is 0 Å². The number of anilines is 1. The van der Waals surface area contributed by atoms with Crippen LogP contribution in [0.4, 0.5) is 5.69 Å². The molecule has 2 N–H and O–H groups in total. The first-order valence-corrected chi connectivity index (χ1v) is 13.0. The van der Waals surface area contributed by atoms with E-state index in [1.165, 1.54) is 6.21 Å². The predicted octanol–water partition coefficient (Wildman–Crippen LogP) is 6.13. The van der Waals surface area contributed by atoms with Gasteiger partial charge in [-0.2, -0.15) is 0 Å². The van der Waals surface area contributed by atoms with E-state index in [-0.39, 0.29) is 17.4 Å². The van der Waals surface area contributed by atoms with Gasteiger partial charge in [0.25, 0.3) is 0 Å². The predicted molar refractivity (Wildman–Crippen MR) is 154 cm³/mol. The molecule has 7 nitrogen and oxygen atoms in total. The molecule has 1 aliphatic heterocycles. The number of nitrogens with zero attached hydrogens (tertiary/aromatic N) is 2. The van der Waals surface area contributed by atoms with E-state index < -0.39 is 7.12 Å². The summed E-state index contributed by atoms with van der Waals surface area (Å²) < 4.78 is 11.3. The summed E-state index contributed by atoms with van der Waals surface area (Å²) in [6.45, 7) is 9.79. The topological polar surface area (TPSA) is 97.0 Å². The number of aryl methyl sites for hydroxylation is 1. The summed E-state index contributed by atoms with van der Waals surface area (Å²) in [5.74, 6) is 0.748. The summed E-state index contributed by atoms with van der Waals surface area (Å²) >= 11 is 13.1. The highest BCUT2D eigenvalue weighted by molar-refractivity contribution is 6.63. The van der Waals surface area contributed by atoms with Crippen LogP contribution in [-0.2, 0) is 4.76 Å². The lowest BCUT2D eigenvalue weighted by atomic mass is 9.75. The summed E-state index contributed by atoms with van der Waals surface area (Å²) in [5, 5.41) is 18.6. The minimum Gasteiger partial charge on any atom is -0.460 e. The van der Waals surface area contributed by atoms with Crippen molar-refractivity contribution in [3.63, 3.8) is 0 Å². The fourth-order valence-corrected chi connectivity index (χ4v) is 5.32. The molecular formula is C28H26BCl2N3O4. The molecule has 1 aliphatic rings. The maximum Gasteiger partial charge on any atom is 0.583 e. The van der Waals surface area contributed by atoms with Gasteiger partial charge in [-0.15, -0.1) is 5.16 Å². The maximum atomic E-state index is 13.2. The second-order valence-electron chi connectivity index (χ2n) is 9.82. The van der Waals surface area contributed by atoms with E-state index in [0.29, 0.717) is 60.4 Å². The van der Waals surface area contributed by atoms with E-state index >= 15 is 0 Å². The van der Waals surface area contributed by atoms with Crippen molar-refractivity contribution in [1.82, 2.24) is 4.98 Å². The van der Waals surface area contributed by atoms with Gasteiger partial charge in [0, 0.05) is 33.6 Å². The minimum atomic E-state index is -1.20. The van der Waals surface area contributed by atoms with E-state index in [1.54, 1.807) is 18.2 Å². The molecule has 2 aromatic carbocycles. The monoisotopic (exact) mass is 549 g/mol. The average Bonchev–Trinajstić information content (AvgIpc) is 2.87. The molecule has 1 atom stereocenters. The molecule has 5 rings (SSSR count). The second-order valence-corrected chi connectivity index (χ2v) is 10.6. The Hall–Kier alpha value is -3.33. The SMILES string of the molecule is Cc1cc(C(C)Nc2ccc(Cl)nc2-c2ccc3c(c2Cl)C=NOB3O)c2oc(C(C)C)c(C)c(=O)c2c1. The van der Waals surface area contributed by atoms with Crippen LogP contribution in [0.3, 0.4) is 0 Å². The zero-order valence-electron chi connectivity index (χ0n) is 21.6. The Morgan fingerprint density at radius 3 is 2.58 bits per heavy atom. The Labute approximate surface area is 230 Å². The van der Waals surface area contributed by atoms with Gasteiger partial charge in [0.15, 0.2) is 5.43 Å². The molecule has 0 saturated carbocycles. The molecular weight excluding hydrogens is 524 g/mol. The lowest BCUT2D eigenvalue weighted by Crippen LogP contribution is -2.37. The highest BCUT2D eigenvalue weighted by Gasteiger charge is 2.29. The Morgan fingerprint density at radius 1 is 1.08 bits per heavy atom. The molecule has 194 valence electrons. The van der Waals surface area contributed by atoms with Crippen molar-refractivity contribution in [2.75, 3.05) is 5.32 Å². The third-order valence-corrected chi connectivity index (χ3v) is 7.35. The number of fused-ring (bicyclic) bond motifs is 2. The molecule has 0 aliphatic carbocycles. The number of aromatic nitrogens is 1. The molecule has 10 heteroatoms. The molecule has 0 amide bonds. The van der Waals surface area contributed by atoms with Crippen molar-refractivity contribution < 1.29 is 14.2 Å². The van der Waals surface area contributed by atoms with E-state index in [9.17, 15) is 9.82 Å². The van der Waals surface area contributed by atoms with Crippen molar-refractivity contribution in [2.45, 2.75) is 46.6 Å². The molecule has 0 fully saturated rings. The van der Waals surface area contributed by atoms with Crippen LogP contribution in [0.15, 0.2) is 50.8 Å². The normalized spacial score (nSPS) is 13.6. The van der Waals surface area contributed by atoms with Crippen LogP contribution >= 0.6 is 23.2 Å². The quantitative estimate of drug-likeness (QED) is 0.230. The van der Waals surface area contributed by atoms with Gasteiger partial charge in [-0.1, -0.05) is 55.2 Å². The third-order valence-electron chi connectivity index (χ3n) is 6.73. The lowest BCUT2D eigenvalue weighted by molar-refractivity contribution is 0.286. The summed E-state index contributed by atoms with van der Waals surface area (Å²) in [6, 6.07) is 10.6. The molecule has 2 aromatic heterocycles. The molecule has 0 spiro atoms. The first-order chi connectivity index (χ1) is 18.1. The fraction of sp³-hybridized carbons (Fsp3) is 0.250. The van der Waals surface area contributed by atoms with Crippen LogP contribution in [0.25, 0.3) is 22.2 Å². The zero-order valence-corrected chi connectivity index (χ0v) is 23.1. The Balaban J connectivity index is 1.62. The van der Waals surface area contributed by atoms with Crippen molar-refractivity contribution in [2.24, 2.45) is 5.16 Å². The van der Waals surface area contributed by atoms with E-state index in [2.05, 4.69) is 15.5 Å². The van der Waals surface area contributed by atoms with Gasteiger partial charge in [-0.05, 0) is 44.5 Å². The van der Waals surface area contributed by atoms with Crippen LogP contribution < -0.4 is 16.2 Å². The van der Waals surface area contributed by atoms with Gasteiger partial charge in [-0.3, -0.25) is 4.79 Å². The Kier molecular flexibility index (Phi) is 6.98.